The molecule has 2 rings (SSSR count). The van der Waals surface area contributed by atoms with Crippen LogP contribution in [-0.2, 0) is 6.42 Å². The van der Waals surface area contributed by atoms with Gasteiger partial charge in [0.05, 0.1) is 0 Å². The van der Waals surface area contributed by atoms with E-state index < -0.39 is 0 Å². The molecule has 2 nitrogen and oxygen atoms in total. The monoisotopic (exact) mass is 246 g/mol. The van der Waals surface area contributed by atoms with Gasteiger partial charge in [-0.05, 0) is 47.9 Å². The van der Waals surface area contributed by atoms with Crippen molar-refractivity contribution in [1.82, 2.24) is 10.3 Å². The van der Waals surface area contributed by atoms with Crippen LogP contribution in [-0.4, -0.2) is 18.1 Å². The lowest BCUT2D eigenvalue weighted by molar-refractivity contribution is 0.434. The molecule has 1 atom stereocenters. The Morgan fingerprint density at radius 2 is 2.00 bits per heavy atom. The number of fused-ring (bicyclic) bond motifs is 1. The number of nitrogens with zero attached hydrogens (tertiary/aromatic N) is 1. The molecule has 1 N–H and O–H groups in total. The molecule has 2 heterocycles. The predicted octanol–water partition coefficient (Wildman–Crippen LogP) is 3.48. The van der Waals surface area contributed by atoms with Gasteiger partial charge in [-0.2, -0.15) is 0 Å². The Balaban J connectivity index is 2.51. The minimum Gasteiger partial charge on any atom is -0.316 e. The molecule has 1 aliphatic heterocycles. The van der Waals surface area contributed by atoms with Gasteiger partial charge in [0.25, 0.3) is 0 Å². The number of pyridine rings is 1. The van der Waals surface area contributed by atoms with Crippen molar-refractivity contribution in [3.05, 3.63) is 29.1 Å². The van der Waals surface area contributed by atoms with E-state index in [0.717, 1.165) is 19.5 Å². The zero-order chi connectivity index (χ0) is 13.1. The van der Waals surface area contributed by atoms with Crippen molar-refractivity contribution in [3.8, 4) is 0 Å². The van der Waals surface area contributed by atoms with Crippen LogP contribution in [0.15, 0.2) is 12.3 Å². The number of nitrogens with one attached hydrogen (secondary N) is 1. The highest BCUT2D eigenvalue weighted by molar-refractivity contribution is 5.36. The van der Waals surface area contributed by atoms with Crippen molar-refractivity contribution >= 4 is 0 Å². The highest BCUT2D eigenvalue weighted by Gasteiger charge is 2.24. The molecule has 0 radical (unpaired) electrons. The Labute approximate surface area is 111 Å². The van der Waals surface area contributed by atoms with E-state index in [2.05, 4.69) is 44.1 Å². The van der Waals surface area contributed by atoms with Crippen LogP contribution in [0.1, 0.15) is 62.8 Å². The molecule has 0 aromatic carbocycles. The lowest BCUT2D eigenvalue weighted by Gasteiger charge is -2.29. The van der Waals surface area contributed by atoms with Crippen molar-refractivity contribution in [2.24, 2.45) is 5.92 Å². The smallest absolute Gasteiger partial charge is 0.0453 e. The van der Waals surface area contributed by atoms with E-state index in [9.17, 15) is 0 Å². The summed E-state index contributed by atoms with van der Waals surface area (Å²) in [5.41, 5.74) is 4.40. The fourth-order valence-corrected chi connectivity index (χ4v) is 3.06. The standard InChI is InChI=1S/C16H26N2/c1-11(2)13-5-8-17-9-7-15-16(13)14(12(3)4)6-10-18-15/h6,10-13,17H,5,7-9H2,1-4H3. The molecule has 1 aromatic heterocycles. The van der Waals surface area contributed by atoms with Crippen LogP contribution >= 0.6 is 0 Å². The molecule has 1 aliphatic rings. The Morgan fingerprint density at radius 1 is 1.22 bits per heavy atom. The highest BCUT2D eigenvalue weighted by atomic mass is 14.9. The number of aromatic nitrogens is 1. The summed E-state index contributed by atoms with van der Waals surface area (Å²) in [7, 11) is 0. The average Bonchev–Trinajstić information content (AvgIpc) is 2.28. The maximum atomic E-state index is 4.66. The van der Waals surface area contributed by atoms with Gasteiger partial charge in [-0.25, -0.2) is 0 Å². The molecule has 2 heteroatoms. The second-order valence-corrected chi connectivity index (χ2v) is 6.05. The molecule has 0 saturated carbocycles. The average molecular weight is 246 g/mol. The topological polar surface area (TPSA) is 24.9 Å². The number of hydrogen-bond donors (Lipinski definition) is 1. The van der Waals surface area contributed by atoms with Gasteiger partial charge in [-0.3, -0.25) is 4.98 Å². The number of rotatable bonds is 2. The number of hydrogen-bond acceptors (Lipinski definition) is 2. The second kappa shape index (κ2) is 5.83. The molecular formula is C16H26N2. The van der Waals surface area contributed by atoms with E-state index >= 15 is 0 Å². The first-order chi connectivity index (χ1) is 8.61. The van der Waals surface area contributed by atoms with Gasteiger partial charge in [0.2, 0.25) is 0 Å². The van der Waals surface area contributed by atoms with Gasteiger partial charge in [0.1, 0.15) is 0 Å². The van der Waals surface area contributed by atoms with E-state index in [0.29, 0.717) is 17.8 Å². The maximum Gasteiger partial charge on any atom is 0.0453 e. The first-order valence-electron chi connectivity index (χ1n) is 7.29. The molecule has 1 unspecified atom stereocenters. The van der Waals surface area contributed by atoms with Crippen LogP contribution in [0.3, 0.4) is 0 Å². The minimum absolute atomic E-state index is 0.593. The third-order valence-electron chi connectivity index (χ3n) is 4.07. The van der Waals surface area contributed by atoms with Crippen molar-refractivity contribution in [2.75, 3.05) is 13.1 Å². The molecular weight excluding hydrogens is 220 g/mol. The quantitative estimate of drug-likeness (QED) is 0.864. The second-order valence-electron chi connectivity index (χ2n) is 6.05. The summed E-state index contributed by atoms with van der Waals surface area (Å²) < 4.78 is 0. The zero-order valence-electron chi connectivity index (χ0n) is 12.2. The van der Waals surface area contributed by atoms with Gasteiger partial charge in [-0.15, -0.1) is 0 Å². The fraction of sp³-hybridized carbons (Fsp3) is 0.688. The summed E-state index contributed by atoms with van der Waals surface area (Å²) in [6, 6.07) is 2.23. The van der Waals surface area contributed by atoms with E-state index in [1.54, 1.807) is 5.56 Å². The highest BCUT2D eigenvalue weighted by Crippen LogP contribution is 2.35. The van der Waals surface area contributed by atoms with Crippen molar-refractivity contribution in [2.45, 2.75) is 52.4 Å². The molecule has 0 spiro atoms. The molecule has 0 bridgehead atoms. The van der Waals surface area contributed by atoms with Gasteiger partial charge in [0.15, 0.2) is 0 Å². The summed E-state index contributed by atoms with van der Waals surface area (Å²) in [5, 5.41) is 3.52. The first kappa shape index (κ1) is 13.5. The SMILES string of the molecule is CC(C)c1ccnc2c1C(C(C)C)CCNCC2. The van der Waals surface area contributed by atoms with Crippen molar-refractivity contribution in [3.63, 3.8) is 0 Å². The third kappa shape index (κ3) is 2.74. The molecule has 100 valence electrons. The van der Waals surface area contributed by atoms with Crippen LogP contribution < -0.4 is 5.32 Å². The van der Waals surface area contributed by atoms with E-state index in [-0.39, 0.29) is 0 Å². The van der Waals surface area contributed by atoms with Crippen LogP contribution in [0.4, 0.5) is 0 Å². The summed E-state index contributed by atoms with van der Waals surface area (Å²) >= 11 is 0. The van der Waals surface area contributed by atoms with E-state index in [1.807, 2.05) is 6.20 Å². The van der Waals surface area contributed by atoms with Crippen molar-refractivity contribution in [1.29, 1.82) is 0 Å². The normalized spacial score (nSPS) is 20.7. The molecule has 18 heavy (non-hydrogen) atoms. The molecule has 0 saturated heterocycles. The third-order valence-corrected chi connectivity index (χ3v) is 4.07. The van der Waals surface area contributed by atoms with Gasteiger partial charge >= 0.3 is 0 Å². The van der Waals surface area contributed by atoms with Gasteiger partial charge in [-0.1, -0.05) is 27.7 Å². The summed E-state index contributed by atoms with van der Waals surface area (Å²) in [4.78, 5) is 4.66. The Kier molecular flexibility index (Phi) is 4.39. The maximum absolute atomic E-state index is 4.66. The van der Waals surface area contributed by atoms with Gasteiger partial charge < -0.3 is 5.32 Å². The van der Waals surface area contributed by atoms with Crippen LogP contribution in [0.5, 0.6) is 0 Å². The Bertz CT molecular complexity index is 396. The summed E-state index contributed by atoms with van der Waals surface area (Å²) in [6.45, 7) is 11.5. The molecule has 0 fully saturated rings. The molecule has 0 aliphatic carbocycles. The van der Waals surface area contributed by atoms with Crippen LogP contribution in [0, 0.1) is 5.92 Å². The van der Waals surface area contributed by atoms with E-state index in [1.165, 1.54) is 17.7 Å². The zero-order valence-corrected chi connectivity index (χ0v) is 12.2. The largest absolute Gasteiger partial charge is 0.316 e. The van der Waals surface area contributed by atoms with Crippen LogP contribution in [0.2, 0.25) is 0 Å². The predicted molar refractivity (Wildman–Crippen MR) is 77.1 cm³/mol. The fourth-order valence-electron chi connectivity index (χ4n) is 3.06. The molecule has 0 amide bonds. The lowest BCUT2D eigenvalue weighted by Crippen LogP contribution is -2.27. The van der Waals surface area contributed by atoms with Crippen molar-refractivity contribution < 1.29 is 0 Å². The van der Waals surface area contributed by atoms with E-state index in [4.69, 9.17) is 0 Å². The van der Waals surface area contributed by atoms with Crippen LogP contribution in [0.25, 0.3) is 0 Å². The summed E-state index contributed by atoms with van der Waals surface area (Å²) in [6.07, 6.45) is 4.29. The summed E-state index contributed by atoms with van der Waals surface area (Å²) in [5.74, 6) is 1.93. The lowest BCUT2D eigenvalue weighted by atomic mass is 9.79. The molecule has 1 aromatic rings. The minimum atomic E-state index is 0.593. The Hall–Kier alpha value is -0.890. The Morgan fingerprint density at radius 3 is 2.67 bits per heavy atom. The van der Waals surface area contributed by atoms with Gasteiger partial charge in [0, 0.05) is 24.9 Å². The first-order valence-corrected chi connectivity index (χ1v) is 7.29.